The summed E-state index contributed by atoms with van der Waals surface area (Å²) in [6.07, 6.45) is 7.22. The van der Waals surface area contributed by atoms with Gasteiger partial charge in [0.15, 0.2) is 21.4 Å². The van der Waals surface area contributed by atoms with Gasteiger partial charge < -0.3 is 10.0 Å². The van der Waals surface area contributed by atoms with Gasteiger partial charge in [-0.25, -0.2) is 12.8 Å². The summed E-state index contributed by atoms with van der Waals surface area (Å²) >= 11 is 0. The van der Waals surface area contributed by atoms with Gasteiger partial charge in [0.25, 0.3) is 0 Å². The largest absolute Gasteiger partial charge is 0.504 e. The van der Waals surface area contributed by atoms with Crippen LogP contribution in [0, 0.1) is 5.82 Å². The molecule has 3 aromatic rings. The number of aliphatic imine (C=N–C) groups is 1. The summed E-state index contributed by atoms with van der Waals surface area (Å²) in [4.78, 5) is 6.44. The highest BCUT2D eigenvalue weighted by atomic mass is 32.2. The molecule has 1 heterocycles. The van der Waals surface area contributed by atoms with Crippen LogP contribution in [0.25, 0.3) is 12.2 Å². The molecule has 1 saturated heterocycles. The second-order valence-corrected chi connectivity index (χ2v) is 9.89. The number of halogens is 1. The van der Waals surface area contributed by atoms with Gasteiger partial charge >= 0.3 is 0 Å². The Labute approximate surface area is 193 Å². The Morgan fingerprint density at radius 3 is 2.30 bits per heavy atom. The molecule has 4 rings (SSSR count). The maximum absolute atomic E-state index is 14.2. The predicted molar refractivity (Wildman–Crippen MR) is 131 cm³/mol. The Bertz CT molecular complexity index is 1260. The Balaban J connectivity index is 1.48. The van der Waals surface area contributed by atoms with Crippen molar-refractivity contribution >= 4 is 33.9 Å². The van der Waals surface area contributed by atoms with Gasteiger partial charge in [-0.2, -0.15) is 0 Å². The minimum absolute atomic E-state index is 0.113. The first-order valence-corrected chi connectivity index (χ1v) is 12.4. The monoisotopic (exact) mass is 464 g/mol. The third kappa shape index (κ3) is 5.68. The van der Waals surface area contributed by atoms with Crippen molar-refractivity contribution in [3.63, 3.8) is 0 Å². The molecule has 0 atom stereocenters. The fourth-order valence-electron chi connectivity index (χ4n) is 3.74. The standard InChI is InChI=1S/C26H25FN2O3S/c27-25-17-21(9-8-20-10-12-23(13-11-20)29-14-4-5-15-29)16-22(26(25)30)18-28-19-33(31,32)24-6-2-1-3-7-24/h1-3,6-13,16-18,30H,4-5,14-15,19H2/b9-8+,28-18?. The first kappa shape index (κ1) is 22.7. The van der Waals surface area contributed by atoms with E-state index in [1.807, 2.05) is 18.2 Å². The number of hydrogen-bond acceptors (Lipinski definition) is 5. The summed E-state index contributed by atoms with van der Waals surface area (Å²) in [7, 11) is -3.61. The average molecular weight is 465 g/mol. The van der Waals surface area contributed by atoms with E-state index in [4.69, 9.17) is 0 Å². The van der Waals surface area contributed by atoms with Crippen LogP contribution < -0.4 is 4.90 Å². The fourth-order valence-corrected chi connectivity index (χ4v) is 4.73. The lowest BCUT2D eigenvalue weighted by Crippen LogP contribution is -2.17. The van der Waals surface area contributed by atoms with Gasteiger partial charge in [0, 0.05) is 30.6 Å². The molecule has 1 aliphatic heterocycles. The smallest absolute Gasteiger partial charge is 0.198 e. The van der Waals surface area contributed by atoms with E-state index in [1.54, 1.807) is 30.3 Å². The highest BCUT2D eigenvalue weighted by Crippen LogP contribution is 2.24. The van der Waals surface area contributed by atoms with Crippen LogP contribution in [0.15, 0.2) is 76.6 Å². The Kier molecular flexibility index (Phi) is 6.89. The van der Waals surface area contributed by atoms with Gasteiger partial charge in [-0.05, 0) is 60.4 Å². The van der Waals surface area contributed by atoms with Crippen LogP contribution in [0.4, 0.5) is 10.1 Å². The molecule has 7 heteroatoms. The fraction of sp³-hybridized carbons (Fsp3) is 0.192. The third-order valence-corrected chi connectivity index (χ3v) is 7.00. The van der Waals surface area contributed by atoms with E-state index >= 15 is 0 Å². The summed E-state index contributed by atoms with van der Waals surface area (Å²) < 4.78 is 38.9. The molecule has 1 aliphatic rings. The van der Waals surface area contributed by atoms with Crippen molar-refractivity contribution in [3.8, 4) is 5.75 Å². The van der Waals surface area contributed by atoms with Crippen molar-refractivity contribution in [1.29, 1.82) is 0 Å². The zero-order valence-corrected chi connectivity index (χ0v) is 18.9. The zero-order valence-electron chi connectivity index (χ0n) is 18.1. The quantitative estimate of drug-likeness (QED) is 0.388. The van der Waals surface area contributed by atoms with Crippen LogP contribution in [0.2, 0.25) is 0 Å². The van der Waals surface area contributed by atoms with Gasteiger partial charge in [0.05, 0.1) is 4.90 Å². The second kappa shape index (κ2) is 10.0. The van der Waals surface area contributed by atoms with E-state index in [-0.39, 0.29) is 10.5 Å². The third-order valence-electron chi connectivity index (χ3n) is 5.52. The SMILES string of the molecule is O=S(=O)(CN=Cc1cc(/C=C/c2ccc(N3CCCC3)cc2)cc(F)c1O)c1ccccc1. The lowest BCUT2D eigenvalue weighted by molar-refractivity contribution is 0.431. The maximum atomic E-state index is 14.2. The minimum Gasteiger partial charge on any atom is -0.504 e. The van der Waals surface area contributed by atoms with Crippen molar-refractivity contribution in [3.05, 3.63) is 89.2 Å². The Morgan fingerprint density at radius 1 is 0.939 bits per heavy atom. The van der Waals surface area contributed by atoms with Crippen molar-refractivity contribution in [2.75, 3.05) is 23.9 Å². The van der Waals surface area contributed by atoms with Gasteiger partial charge in [0.1, 0.15) is 5.88 Å². The molecule has 0 aromatic heterocycles. The van der Waals surface area contributed by atoms with Crippen LogP contribution in [-0.4, -0.2) is 38.7 Å². The van der Waals surface area contributed by atoms with E-state index in [0.717, 1.165) is 18.7 Å². The highest BCUT2D eigenvalue weighted by Gasteiger charge is 2.13. The number of anilines is 1. The van der Waals surface area contributed by atoms with Crippen LogP contribution in [0.5, 0.6) is 5.75 Å². The molecule has 1 fully saturated rings. The van der Waals surface area contributed by atoms with Crippen molar-refractivity contribution in [2.24, 2.45) is 4.99 Å². The minimum atomic E-state index is -3.61. The van der Waals surface area contributed by atoms with Gasteiger partial charge in [-0.1, -0.05) is 42.5 Å². The number of nitrogens with zero attached hydrogens (tertiary/aromatic N) is 2. The van der Waals surface area contributed by atoms with Crippen molar-refractivity contribution in [1.82, 2.24) is 0 Å². The summed E-state index contributed by atoms with van der Waals surface area (Å²) in [5.41, 5.74) is 2.81. The number of phenols is 1. The van der Waals surface area contributed by atoms with Gasteiger partial charge in [0.2, 0.25) is 0 Å². The molecule has 0 spiro atoms. The zero-order chi connectivity index (χ0) is 23.3. The molecule has 0 aliphatic carbocycles. The molecular weight excluding hydrogens is 439 g/mol. The number of benzene rings is 3. The molecule has 1 N–H and O–H groups in total. The molecule has 0 unspecified atom stereocenters. The van der Waals surface area contributed by atoms with Crippen molar-refractivity contribution in [2.45, 2.75) is 17.7 Å². The summed E-state index contributed by atoms with van der Waals surface area (Å²) in [5, 5.41) is 10.0. The van der Waals surface area contributed by atoms with E-state index in [1.165, 1.54) is 42.9 Å². The van der Waals surface area contributed by atoms with E-state index in [2.05, 4.69) is 22.0 Å². The average Bonchev–Trinajstić information content (AvgIpc) is 3.36. The summed E-state index contributed by atoms with van der Waals surface area (Å²) in [5.74, 6) is -1.86. The lowest BCUT2D eigenvalue weighted by Gasteiger charge is -2.17. The van der Waals surface area contributed by atoms with Crippen LogP contribution >= 0.6 is 0 Å². The molecule has 0 amide bonds. The molecule has 33 heavy (non-hydrogen) atoms. The maximum Gasteiger partial charge on any atom is 0.198 e. The topological polar surface area (TPSA) is 70.0 Å². The Hall–Kier alpha value is -3.45. The molecule has 3 aromatic carbocycles. The van der Waals surface area contributed by atoms with E-state index < -0.39 is 27.3 Å². The van der Waals surface area contributed by atoms with E-state index in [9.17, 15) is 17.9 Å². The summed E-state index contributed by atoms with van der Waals surface area (Å²) in [6.45, 7) is 2.16. The molecule has 0 radical (unpaired) electrons. The summed E-state index contributed by atoms with van der Waals surface area (Å²) in [6, 6.07) is 18.9. The second-order valence-electron chi connectivity index (χ2n) is 7.93. The van der Waals surface area contributed by atoms with Crippen molar-refractivity contribution < 1.29 is 17.9 Å². The predicted octanol–water partition coefficient (Wildman–Crippen LogP) is 5.15. The normalized spacial score (nSPS) is 14.5. The number of hydrogen-bond donors (Lipinski definition) is 1. The van der Waals surface area contributed by atoms with Crippen LogP contribution in [0.3, 0.4) is 0 Å². The number of rotatable bonds is 7. The molecule has 0 saturated carbocycles. The number of aromatic hydroxyl groups is 1. The van der Waals surface area contributed by atoms with Gasteiger partial charge in [-0.15, -0.1) is 0 Å². The van der Waals surface area contributed by atoms with Crippen LogP contribution in [-0.2, 0) is 9.84 Å². The lowest BCUT2D eigenvalue weighted by atomic mass is 10.1. The molecule has 5 nitrogen and oxygen atoms in total. The number of phenolic OH excluding ortho intramolecular Hbond substituents is 1. The van der Waals surface area contributed by atoms with E-state index in [0.29, 0.717) is 5.56 Å². The highest BCUT2D eigenvalue weighted by molar-refractivity contribution is 7.91. The first-order chi connectivity index (χ1) is 15.9. The van der Waals surface area contributed by atoms with Gasteiger partial charge in [-0.3, -0.25) is 4.99 Å². The molecule has 0 bridgehead atoms. The van der Waals surface area contributed by atoms with Crippen LogP contribution in [0.1, 0.15) is 29.5 Å². The number of sulfone groups is 1. The molecular formula is C26H25FN2O3S. The first-order valence-electron chi connectivity index (χ1n) is 10.8. The Morgan fingerprint density at radius 2 is 1.61 bits per heavy atom. The molecule has 170 valence electrons.